The first-order valence-corrected chi connectivity index (χ1v) is 9.53. The number of thiophene rings is 1. The van der Waals surface area contributed by atoms with Gasteiger partial charge in [0.1, 0.15) is 5.82 Å². The molecule has 1 N–H and O–H groups in total. The van der Waals surface area contributed by atoms with Gasteiger partial charge in [-0.3, -0.25) is 0 Å². The molecule has 7 heteroatoms. The normalized spacial score (nSPS) is 21.3. The van der Waals surface area contributed by atoms with E-state index in [1.54, 1.807) is 11.3 Å². The molecule has 1 fully saturated rings. The number of urea groups is 1. The number of amides is 2. The van der Waals surface area contributed by atoms with Crippen LogP contribution in [0.5, 0.6) is 0 Å². The van der Waals surface area contributed by atoms with Crippen LogP contribution in [0.3, 0.4) is 0 Å². The average Bonchev–Trinajstić information content (AvgIpc) is 3.06. The Hall–Kier alpha value is -1.24. The molecule has 0 saturated carbocycles. The molecule has 2 heterocycles. The van der Waals surface area contributed by atoms with Crippen molar-refractivity contribution in [2.45, 2.75) is 18.2 Å². The van der Waals surface area contributed by atoms with Gasteiger partial charge in [-0.05, 0) is 36.6 Å². The third-order valence-electron chi connectivity index (χ3n) is 3.73. The lowest BCUT2D eigenvalue weighted by atomic mass is 10.2. The van der Waals surface area contributed by atoms with Gasteiger partial charge in [-0.2, -0.15) is 0 Å². The van der Waals surface area contributed by atoms with Crippen LogP contribution in [0.1, 0.15) is 17.1 Å². The first-order chi connectivity index (χ1) is 11.0. The van der Waals surface area contributed by atoms with E-state index in [2.05, 4.69) is 16.8 Å². The van der Waals surface area contributed by atoms with Crippen molar-refractivity contribution in [2.24, 2.45) is 0 Å². The Morgan fingerprint density at radius 3 is 2.96 bits per heavy atom. The highest BCUT2D eigenvalue weighted by molar-refractivity contribution is 7.99. The van der Waals surface area contributed by atoms with Gasteiger partial charge in [0.2, 0.25) is 0 Å². The molecule has 0 unspecified atom stereocenters. The second-order valence-corrected chi connectivity index (χ2v) is 8.02. The first-order valence-electron chi connectivity index (χ1n) is 7.22. The van der Waals surface area contributed by atoms with Gasteiger partial charge >= 0.3 is 6.03 Å². The van der Waals surface area contributed by atoms with Crippen LogP contribution in [-0.4, -0.2) is 29.3 Å². The molecule has 1 saturated heterocycles. The standard InChI is InChI=1S/C16H16ClFN2OS2/c1-10-9-23-15(14-3-2-6-22-14)8-20(10)16(21)19-11-4-5-13(18)12(17)7-11/h2-7,10,15H,8-9H2,1H3,(H,19,21)/t10-,15+/m0/s1. The van der Waals surface area contributed by atoms with Gasteiger partial charge in [0.05, 0.1) is 10.3 Å². The van der Waals surface area contributed by atoms with E-state index in [9.17, 15) is 9.18 Å². The zero-order chi connectivity index (χ0) is 16.4. The fraction of sp³-hybridized carbons (Fsp3) is 0.312. The molecule has 0 bridgehead atoms. The van der Waals surface area contributed by atoms with Crippen LogP contribution in [-0.2, 0) is 0 Å². The molecular formula is C16H16ClFN2OS2. The summed E-state index contributed by atoms with van der Waals surface area (Å²) < 4.78 is 13.2. The summed E-state index contributed by atoms with van der Waals surface area (Å²) in [6.45, 7) is 2.70. The molecule has 2 aromatic rings. The number of carbonyl (C=O) groups is 1. The summed E-state index contributed by atoms with van der Waals surface area (Å²) in [5, 5.41) is 5.16. The first kappa shape index (κ1) is 16.6. The maximum absolute atomic E-state index is 13.2. The van der Waals surface area contributed by atoms with E-state index in [4.69, 9.17) is 11.6 Å². The topological polar surface area (TPSA) is 32.3 Å². The lowest BCUT2D eigenvalue weighted by molar-refractivity contribution is 0.196. The van der Waals surface area contributed by atoms with Crippen molar-refractivity contribution in [3.05, 3.63) is 51.4 Å². The number of halogens is 2. The van der Waals surface area contributed by atoms with Crippen LogP contribution in [0.2, 0.25) is 5.02 Å². The number of benzene rings is 1. The number of thioether (sulfide) groups is 1. The highest BCUT2D eigenvalue weighted by Crippen LogP contribution is 2.37. The summed E-state index contributed by atoms with van der Waals surface area (Å²) in [5.74, 6) is 0.394. The number of hydrogen-bond acceptors (Lipinski definition) is 3. The monoisotopic (exact) mass is 370 g/mol. The molecule has 3 nitrogen and oxygen atoms in total. The summed E-state index contributed by atoms with van der Waals surface area (Å²) in [4.78, 5) is 15.7. The van der Waals surface area contributed by atoms with Gasteiger partial charge in [-0.25, -0.2) is 9.18 Å². The zero-order valence-electron chi connectivity index (χ0n) is 12.5. The number of carbonyl (C=O) groups excluding carboxylic acids is 1. The predicted octanol–water partition coefficient (Wildman–Crippen LogP) is 5.25. The maximum Gasteiger partial charge on any atom is 0.322 e. The van der Waals surface area contributed by atoms with E-state index in [0.29, 0.717) is 17.5 Å². The minimum Gasteiger partial charge on any atom is -0.320 e. The molecule has 1 aliphatic rings. The van der Waals surface area contributed by atoms with Crippen molar-refractivity contribution < 1.29 is 9.18 Å². The van der Waals surface area contributed by atoms with Crippen LogP contribution in [0, 0.1) is 5.82 Å². The predicted molar refractivity (Wildman–Crippen MR) is 96.1 cm³/mol. The fourth-order valence-corrected chi connectivity index (χ4v) is 4.90. The fourth-order valence-electron chi connectivity index (χ4n) is 2.46. The van der Waals surface area contributed by atoms with Gasteiger partial charge in [-0.15, -0.1) is 23.1 Å². The second-order valence-electron chi connectivity index (χ2n) is 5.40. The lowest BCUT2D eigenvalue weighted by Crippen LogP contribution is -2.47. The number of anilines is 1. The minimum atomic E-state index is -0.495. The highest BCUT2D eigenvalue weighted by atomic mass is 35.5. The Balaban J connectivity index is 1.70. The summed E-state index contributed by atoms with van der Waals surface area (Å²) >= 11 is 9.35. The Kier molecular flexibility index (Phi) is 5.14. The molecule has 1 aromatic carbocycles. The third kappa shape index (κ3) is 3.82. The summed E-state index contributed by atoms with van der Waals surface area (Å²) in [7, 11) is 0. The van der Waals surface area contributed by atoms with E-state index < -0.39 is 5.82 Å². The molecule has 0 spiro atoms. The number of nitrogens with one attached hydrogen (secondary N) is 1. The van der Waals surface area contributed by atoms with Crippen LogP contribution >= 0.6 is 34.7 Å². The van der Waals surface area contributed by atoms with E-state index in [1.807, 2.05) is 29.7 Å². The average molecular weight is 371 g/mol. The summed E-state index contributed by atoms with van der Waals surface area (Å²) in [5.41, 5.74) is 0.500. The SMILES string of the molecule is C[C@H]1CS[C@@H](c2cccs2)CN1C(=O)Nc1ccc(F)c(Cl)c1. The van der Waals surface area contributed by atoms with Crippen LogP contribution < -0.4 is 5.32 Å². The van der Waals surface area contributed by atoms with Crippen LogP contribution in [0.25, 0.3) is 0 Å². The van der Waals surface area contributed by atoms with Gasteiger partial charge in [0.15, 0.2) is 0 Å². The van der Waals surface area contributed by atoms with Crippen LogP contribution in [0.4, 0.5) is 14.9 Å². The molecule has 122 valence electrons. The highest BCUT2D eigenvalue weighted by Gasteiger charge is 2.30. The van der Waals surface area contributed by atoms with Crippen molar-refractivity contribution in [3.63, 3.8) is 0 Å². The van der Waals surface area contributed by atoms with Gasteiger partial charge in [0, 0.05) is 28.9 Å². The summed E-state index contributed by atoms with van der Waals surface area (Å²) in [6.07, 6.45) is 0. The molecule has 2 amide bonds. The van der Waals surface area contributed by atoms with E-state index in [-0.39, 0.29) is 17.1 Å². The third-order valence-corrected chi connectivity index (χ3v) is 6.63. The molecule has 1 aromatic heterocycles. The smallest absolute Gasteiger partial charge is 0.320 e. The molecule has 3 rings (SSSR count). The van der Waals surface area contributed by atoms with Gasteiger partial charge in [-0.1, -0.05) is 17.7 Å². The van der Waals surface area contributed by atoms with Crippen molar-refractivity contribution in [2.75, 3.05) is 17.6 Å². The minimum absolute atomic E-state index is 0.00140. The Labute approximate surface area is 147 Å². The molecule has 23 heavy (non-hydrogen) atoms. The quantitative estimate of drug-likeness (QED) is 0.782. The van der Waals surface area contributed by atoms with Crippen molar-refractivity contribution in [3.8, 4) is 0 Å². The summed E-state index contributed by atoms with van der Waals surface area (Å²) in [6, 6.07) is 8.29. The zero-order valence-corrected chi connectivity index (χ0v) is 14.8. The van der Waals surface area contributed by atoms with Crippen LogP contribution in [0.15, 0.2) is 35.7 Å². The number of hydrogen-bond donors (Lipinski definition) is 1. The molecule has 1 aliphatic heterocycles. The molecule has 0 radical (unpaired) electrons. The van der Waals surface area contributed by atoms with E-state index in [0.717, 1.165) is 5.75 Å². The maximum atomic E-state index is 13.2. The van der Waals surface area contributed by atoms with Crippen molar-refractivity contribution in [1.82, 2.24) is 4.90 Å². The largest absolute Gasteiger partial charge is 0.322 e. The van der Waals surface area contributed by atoms with Gasteiger partial charge in [0.25, 0.3) is 0 Å². The number of rotatable bonds is 2. The molecular weight excluding hydrogens is 355 g/mol. The Morgan fingerprint density at radius 2 is 2.26 bits per heavy atom. The van der Waals surface area contributed by atoms with E-state index >= 15 is 0 Å². The van der Waals surface area contributed by atoms with Gasteiger partial charge < -0.3 is 10.2 Å². The Morgan fingerprint density at radius 1 is 1.43 bits per heavy atom. The number of nitrogens with zero attached hydrogens (tertiary/aromatic N) is 1. The van der Waals surface area contributed by atoms with Crippen molar-refractivity contribution >= 4 is 46.4 Å². The molecule has 0 aliphatic carbocycles. The molecule has 2 atom stereocenters. The Bertz CT molecular complexity index is 695. The van der Waals surface area contributed by atoms with Crippen molar-refractivity contribution in [1.29, 1.82) is 0 Å². The van der Waals surface area contributed by atoms with E-state index in [1.165, 1.54) is 23.1 Å². The lowest BCUT2D eigenvalue weighted by Gasteiger charge is -2.37. The second kappa shape index (κ2) is 7.11.